The first-order chi connectivity index (χ1) is 11.8. The van der Waals surface area contributed by atoms with Gasteiger partial charge in [-0.25, -0.2) is 4.79 Å². The number of hydrogen-bond acceptors (Lipinski definition) is 4. The minimum absolute atomic E-state index is 0.0746. The quantitative estimate of drug-likeness (QED) is 0.787. The number of amides is 2. The summed E-state index contributed by atoms with van der Waals surface area (Å²) in [5, 5.41) is 3.02. The first kappa shape index (κ1) is 16.2. The summed E-state index contributed by atoms with van der Waals surface area (Å²) in [6.45, 7) is 7.78. The second-order valence-corrected chi connectivity index (χ2v) is 8.12. The Kier molecular flexibility index (Phi) is 3.67. The summed E-state index contributed by atoms with van der Waals surface area (Å²) >= 11 is 0. The zero-order valence-corrected chi connectivity index (χ0v) is 15.0. The van der Waals surface area contributed by atoms with Gasteiger partial charge in [-0.1, -0.05) is 12.1 Å². The van der Waals surface area contributed by atoms with Gasteiger partial charge in [0.1, 0.15) is 5.60 Å². The second-order valence-electron chi connectivity index (χ2n) is 8.12. The van der Waals surface area contributed by atoms with Gasteiger partial charge in [-0.3, -0.25) is 4.79 Å². The molecule has 2 amide bonds. The lowest BCUT2D eigenvalue weighted by Gasteiger charge is -2.39. The van der Waals surface area contributed by atoms with E-state index in [1.807, 2.05) is 37.8 Å². The Morgan fingerprint density at radius 3 is 2.84 bits per heavy atom. The Hall–Kier alpha value is -2.24. The van der Waals surface area contributed by atoms with Gasteiger partial charge in [-0.15, -0.1) is 0 Å². The average molecular weight is 343 g/mol. The van der Waals surface area contributed by atoms with E-state index in [0.717, 1.165) is 24.3 Å². The first-order valence-corrected chi connectivity index (χ1v) is 9.01. The fourth-order valence-corrected chi connectivity index (χ4v) is 4.27. The van der Waals surface area contributed by atoms with Crippen molar-refractivity contribution in [1.82, 2.24) is 4.90 Å². The van der Waals surface area contributed by atoms with Crippen molar-refractivity contribution >= 4 is 23.4 Å². The first-order valence-electron chi connectivity index (χ1n) is 9.01. The van der Waals surface area contributed by atoms with E-state index in [2.05, 4.69) is 16.3 Å². The number of carbonyl (C=O) groups excluding carboxylic acids is 2. The van der Waals surface area contributed by atoms with Gasteiger partial charge in [0.2, 0.25) is 5.91 Å². The van der Waals surface area contributed by atoms with Crippen molar-refractivity contribution in [2.45, 2.75) is 51.2 Å². The Morgan fingerprint density at radius 2 is 2.08 bits per heavy atom. The third-order valence-electron chi connectivity index (χ3n) is 5.24. The molecule has 0 spiro atoms. The topological polar surface area (TPSA) is 61.9 Å². The molecule has 1 N–H and O–H groups in total. The molecule has 1 aromatic carbocycles. The predicted molar refractivity (Wildman–Crippen MR) is 96.0 cm³/mol. The molecule has 2 atom stereocenters. The van der Waals surface area contributed by atoms with E-state index in [1.165, 1.54) is 5.56 Å². The lowest BCUT2D eigenvalue weighted by molar-refractivity contribution is -0.116. The number of piperidine rings is 1. The van der Waals surface area contributed by atoms with E-state index in [0.29, 0.717) is 25.6 Å². The molecule has 0 unspecified atom stereocenters. The van der Waals surface area contributed by atoms with Crippen LogP contribution in [0, 0.1) is 0 Å². The molecule has 3 aliphatic heterocycles. The third-order valence-corrected chi connectivity index (χ3v) is 5.24. The third kappa shape index (κ3) is 2.83. The Labute approximate surface area is 148 Å². The van der Waals surface area contributed by atoms with Crippen LogP contribution in [0.25, 0.3) is 0 Å². The molecule has 6 heteroatoms. The number of nitrogens with one attached hydrogen (secondary N) is 1. The summed E-state index contributed by atoms with van der Waals surface area (Å²) in [4.78, 5) is 28.6. The van der Waals surface area contributed by atoms with Crippen LogP contribution < -0.4 is 10.2 Å². The monoisotopic (exact) mass is 343 g/mol. The molecule has 0 radical (unpaired) electrons. The molecular formula is C19H25N3O3. The fourth-order valence-electron chi connectivity index (χ4n) is 4.27. The van der Waals surface area contributed by atoms with Crippen LogP contribution in [0.3, 0.4) is 0 Å². The summed E-state index contributed by atoms with van der Waals surface area (Å²) in [7, 11) is 0. The van der Waals surface area contributed by atoms with Crippen LogP contribution in [-0.2, 0) is 9.53 Å². The van der Waals surface area contributed by atoms with Crippen molar-refractivity contribution in [3.63, 3.8) is 0 Å². The summed E-state index contributed by atoms with van der Waals surface area (Å²) in [5.41, 5.74) is 2.80. The lowest BCUT2D eigenvalue weighted by atomic mass is 9.89. The van der Waals surface area contributed by atoms with Crippen molar-refractivity contribution in [1.29, 1.82) is 0 Å². The maximum Gasteiger partial charge on any atom is 0.410 e. The zero-order valence-electron chi connectivity index (χ0n) is 15.0. The van der Waals surface area contributed by atoms with Gasteiger partial charge in [0, 0.05) is 38.0 Å². The molecule has 0 aliphatic carbocycles. The van der Waals surface area contributed by atoms with Gasteiger partial charge in [-0.2, -0.15) is 0 Å². The predicted octanol–water partition coefficient (Wildman–Crippen LogP) is 2.94. The van der Waals surface area contributed by atoms with Crippen molar-refractivity contribution < 1.29 is 14.3 Å². The van der Waals surface area contributed by atoms with Gasteiger partial charge in [0.05, 0.1) is 11.4 Å². The second kappa shape index (κ2) is 5.64. The van der Waals surface area contributed by atoms with Crippen LogP contribution >= 0.6 is 0 Å². The molecule has 0 saturated carbocycles. The molecule has 0 bridgehead atoms. The average Bonchev–Trinajstić information content (AvgIpc) is 2.74. The number of nitrogens with zero attached hydrogens (tertiary/aromatic N) is 2. The van der Waals surface area contributed by atoms with E-state index in [9.17, 15) is 9.59 Å². The number of benzene rings is 1. The Balaban J connectivity index is 1.62. The van der Waals surface area contributed by atoms with E-state index in [4.69, 9.17) is 4.74 Å². The number of para-hydroxylation sites is 1. The molecule has 6 nitrogen and oxygen atoms in total. The van der Waals surface area contributed by atoms with Gasteiger partial charge < -0.3 is 19.9 Å². The number of carbonyl (C=O) groups is 2. The molecular weight excluding hydrogens is 318 g/mol. The molecule has 134 valence electrons. The number of likely N-dealkylation sites (tertiary alicyclic amines) is 1. The van der Waals surface area contributed by atoms with Crippen LogP contribution in [0.5, 0.6) is 0 Å². The molecule has 4 rings (SSSR count). The Morgan fingerprint density at radius 1 is 1.28 bits per heavy atom. The highest BCUT2D eigenvalue weighted by Crippen LogP contribution is 2.49. The highest BCUT2D eigenvalue weighted by molar-refractivity contribution is 5.98. The largest absolute Gasteiger partial charge is 0.444 e. The lowest BCUT2D eigenvalue weighted by Crippen LogP contribution is -2.49. The zero-order chi connectivity index (χ0) is 17.8. The fraction of sp³-hybridized carbons (Fsp3) is 0.579. The van der Waals surface area contributed by atoms with Gasteiger partial charge in [0.25, 0.3) is 0 Å². The number of ether oxygens (including phenoxy) is 1. The summed E-state index contributed by atoms with van der Waals surface area (Å²) in [5.74, 6) is 0.344. The SMILES string of the molecule is CC(C)(C)OC(=O)N1CC[C@H]2[C@@H](C1)c1cccc3c1N2CCC(=O)N3. The van der Waals surface area contributed by atoms with Gasteiger partial charge in [-0.05, 0) is 38.8 Å². The van der Waals surface area contributed by atoms with Gasteiger partial charge >= 0.3 is 6.09 Å². The highest BCUT2D eigenvalue weighted by atomic mass is 16.6. The van der Waals surface area contributed by atoms with Crippen LogP contribution in [-0.4, -0.2) is 48.2 Å². The number of anilines is 2. The molecule has 1 fully saturated rings. The van der Waals surface area contributed by atoms with Crippen molar-refractivity contribution in [3.8, 4) is 0 Å². The molecule has 3 aliphatic rings. The minimum Gasteiger partial charge on any atom is -0.444 e. The standard InChI is InChI=1S/C19H25N3O3/c1-19(2,3)25-18(24)21-9-7-15-13(11-21)12-5-4-6-14-17(12)22(15)10-8-16(23)20-14/h4-6,13,15H,7-11H2,1-3H3,(H,20,23)/t13-,15-/m0/s1. The van der Waals surface area contributed by atoms with Crippen molar-refractivity contribution in [2.24, 2.45) is 0 Å². The minimum atomic E-state index is -0.480. The summed E-state index contributed by atoms with van der Waals surface area (Å²) in [6.07, 6.45) is 1.17. The van der Waals surface area contributed by atoms with Crippen LogP contribution in [0.15, 0.2) is 18.2 Å². The smallest absolute Gasteiger partial charge is 0.410 e. The normalized spacial score (nSPS) is 25.0. The summed E-state index contributed by atoms with van der Waals surface area (Å²) in [6, 6.07) is 6.44. The van der Waals surface area contributed by atoms with Crippen molar-refractivity contribution in [3.05, 3.63) is 23.8 Å². The van der Waals surface area contributed by atoms with E-state index in [1.54, 1.807) is 0 Å². The molecule has 3 heterocycles. The van der Waals surface area contributed by atoms with E-state index < -0.39 is 5.60 Å². The Bertz CT molecular complexity index is 725. The molecule has 1 aromatic rings. The maximum atomic E-state index is 12.5. The highest BCUT2D eigenvalue weighted by Gasteiger charge is 2.45. The van der Waals surface area contributed by atoms with Gasteiger partial charge in [0.15, 0.2) is 0 Å². The number of hydrogen-bond donors (Lipinski definition) is 1. The molecule has 0 aromatic heterocycles. The van der Waals surface area contributed by atoms with Crippen molar-refractivity contribution in [2.75, 3.05) is 29.9 Å². The number of fused-ring (bicyclic) bond motifs is 3. The van der Waals surface area contributed by atoms with Crippen LogP contribution in [0.2, 0.25) is 0 Å². The molecule has 25 heavy (non-hydrogen) atoms. The number of rotatable bonds is 0. The van der Waals surface area contributed by atoms with E-state index >= 15 is 0 Å². The van der Waals surface area contributed by atoms with E-state index in [-0.39, 0.29) is 17.9 Å². The maximum absolute atomic E-state index is 12.5. The summed E-state index contributed by atoms with van der Waals surface area (Å²) < 4.78 is 5.55. The van der Waals surface area contributed by atoms with Crippen LogP contribution in [0.4, 0.5) is 16.2 Å². The van der Waals surface area contributed by atoms with Crippen LogP contribution in [0.1, 0.15) is 45.1 Å². The molecule has 1 saturated heterocycles.